The van der Waals surface area contributed by atoms with E-state index in [1.54, 1.807) is 0 Å². The van der Waals surface area contributed by atoms with Crippen LogP contribution in [0.25, 0.3) is 0 Å². The van der Waals surface area contributed by atoms with Gasteiger partial charge in [-0.2, -0.15) is 0 Å². The molecule has 0 spiro atoms. The quantitative estimate of drug-likeness (QED) is 0.892. The van der Waals surface area contributed by atoms with Crippen molar-refractivity contribution in [2.24, 2.45) is 5.73 Å². The molecule has 21 heavy (non-hydrogen) atoms. The van der Waals surface area contributed by atoms with E-state index in [1.165, 1.54) is 16.7 Å². The minimum atomic E-state index is 0.111. The summed E-state index contributed by atoms with van der Waals surface area (Å²) in [6.45, 7) is 4.75. The fraction of sp³-hybridized carbons (Fsp3) is 0.333. The zero-order valence-corrected chi connectivity index (χ0v) is 12.6. The van der Waals surface area contributed by atoms with Gasteiger partial charge in [0.15, 0.2) is 0 Å². The van der Waals surface area contributed by atoms with Crippen LogP contribution in [0.2, 0.25) is 0 Å². The fourth-order valence-corrected chi connectivity index (χ4v) is 3.02. The largest absolute Gasteiger partial charge is 0.492 e. The first-order valence-electron chi connectivity index (χ1n) is 7.53. The Kier molecular flexibility index (Phi) is 3.84. The summed E-state index contributed by atoms with van der Waals surface area (Å²) in [5.74, 6) is 0.912. The van der Waals surface area contributed by atoms with Crippen molar-refractivity contribution >= 4 is 5.69 Å². The highest BCUT2D eigenvalue weighted by molar-refractivity contribution is 5.59. The third kappa shape index (κ3) is 2.74. The van der Waals surface area contributed by atoms with Gasteiger partial charge in [0.05, 0.1) is 18.3 Å². The van der Waals surface area contributed by atoms with Crippen molar-refractivity contribution in [2.75, 3.05) is 11.9 Å². The van der Waals surface area contributed by atoms with E-state index >= 15 is 0 Å². The number of ether oxygens (including phenoxy) is 1. The molecule has 0 radical (unpaired) electrons. The highest BCUT2D eigenvalue weighted by Gasteiger charge is 2.28. The molecule has 3 nitrogen and oxygen atoms in total. The maximum absolute atomic E-state index is 6.24. The van der Waals surface area contributed by atoms with Crippen LogP contribution in [0.4, 0.5) is 5.69 Å². The smallest absolute Gasteiger partial charge is 0.142 e. The number of aryl methyl sites for hydroxylation is 1. The predicted molar refractivity (Wildman–Crippen MR) is 86.7 cm³/mol. The normalized spacial score (nSPS) is 20.1. The molecule has 0 heterocycles. The molecule has 1 aliphatic rings. The molecular weight excluding hydrogens is 260 g/mol. The number of fused-ring (bicyclic) bond motifs is 1. The molecule has 0 aliphatic heterocycles. The molecule has 2 unspecified atom stereocenters. The van der Waals surface area contributed by atoms with Crippen molar-refractivity contribution in [3.63, 3.8) is 0 Å². The molecular formula is C18H22N2O. The molecule has 3 N–H and O–H groups in total. The molecule has 110 valence electrons. The van der Waals surface area contributed by atoms with E-state index in [2.05, 4.69) is 54.7 Å². The highest BCUT2D eigenvalue weighted by atomic mass is 16.5. The zero-order chi connectivity index (χ0) is 14.8. The van der Waals surface area contributed by atoms with Gasteiger partial charge >= 0.3 is 0 Å². The van der Waals surface area contributed by atoms with Gasteiger partial charge < -0.3 is 15.8 Å². The monoisotopic (exact) mass is 282 g/mol. The molecule has 2 aromatic rings. The second-order valence-corrected chi connectivity index (χ2v) is 5.60. The molecule has 0 saturated heterocycles. The summed E-state index contributed by atoms with van der Waals surface area (Å²) >= 11 is 0. The van der Waals surface area contributed by atoms with Gasteiger partial charge in [-0.3, -0.25) is 0 Å². The van der Waals surface area contributed by atoms with E-state index in [9.17, 15) is 0 Å². The number of anilines is 1. The summed E-state index contributed by atoms with van der Waals surface area (Å²) in [6.07, 6.45) is 0.915. The molecule has 1 aliphatic carbocycles. The Balaban J connectivity index is 1.88. The fourth-order valence-electron chi connectivity index (χ4n) is 3.02. The van der Waals surface area contributed by atoms with Crippen molar-refractivity contribution in [3.8, 4) is 5.75 Å². The van der Waals surface area contributed by atoms with Gasteiger partial charge in [-0.1, -0.05) is 30.3 Å². The SMILES string of the molecule is CCOc1cc(C)ccc1NC1CC(N)c2ccccc21. The molecule has 0 aromatic heterocycles. The van der Waals surface area contributed by atoms with Crippen LogP contribution in [0, 0.1) is 6.92 Å². The van der Waals surface area contributed by atoms with Crippen molar-refractivity contribution < 1.29 is 4.74 Å². The van der Waals surface area contributed by atoms with Crippen molar-refractivity contribution in [2.45, 2.75) is 32.4 Å². The molecule has 0 amide bonds. The van der Waals surface area contributed by atoms with Gasteiger partial charge in [-0.25, -0.2) is 0 Å². The Morgan fingerprint density at radius 1 is 1.19 bits per heavy atom. The van der Waals surface area contributed by atoms with Gasteiger partial charge in [0, 0.05) is 6.04 Å². The highest BCUT2D eigenvalue weighted by Crippen LogP contribution is 2.40. The minimum absolute atomic E-state index is 0.111. The molecule has 0 saturated carbocycles. The van der Waals surface area contributed by atoms with Gasteiger partial charge in [0.1, 0.15) is 5.75 Å². The molecule has 2 atom stereocenters. The Bertz CT molecular complexity index is 639. The van der Waals surface area contributed by atoms with Crippen molar-refractivity contribution in [3.05, 3.63) is 59.2 Å². The van der Waals surface area contributed by atoms with Gasteiger partial charge in [0.2, 0.25) is 0 Å². The summed E-state index contributed by atoms with van der Waals surface area (Å²) in [7, 11) is 0. The van der Waals surface area contributed by atoms with Crippen molar-refractivity contribution in [1.29, 1.82) is 0 Å². The summed E-state index contributed by atoms with van der Waals surface area (Å²) in [6, 6.07) is 15.0. The lowest BCUT2D eigenvalue weighted by atomic mass is 10.1. The van der Waals surface area contributed by atoms with E-state index in [4.69, 9.17) is 10.5 Å². The Labute approximate surface area is 126 Å². The first-order valence-corrected chi connectivity index (χ1v) is 7.53. The Morgan fingerprint density at radius 3 is 2.71 bits per heavy atom. The van der Waals surface area contributed by atoms with Crippen LogP contribution in [0.3, 0.4) is 0 Å². The van der Waals surface area contributed by atoms with E-state index in [0.29, 0.717) is 6.61 Å². The van der Waals surface area contributed by atoms with E-state index < -0.39 is 0 Å². The van der Waals surface area contributed by atoms with E-state index in [-0.39, 0.29) is 12.1 Å². The number of nitrogens with one attached hydrogen (secondary N) is 1. The van der Waals surface area contributed by atoms with Crippen LogP contribution >= 0.6 is 0 Å². The maximum Gasteiger partial charge on any atom is 0.142 e. The lowest BCUT2D eigenvalue weighted by Gasteiger charge is -2.19. The number of rotatable bonds is 4. The molecule has 3 rings (SSSR count). The van der Waals surface area contributed by atoms with Gasteiger partial charge in [-0.15, -0.1) is 0 Å². The zero-order valence-electron chi connectivity index (χ0n) is 12.6. The van der Waals surface area contributed by atoms with E-state index in [1.807, 2.05) is 6.92 Å². The number of hydrogen-bond donors (Lipinski definition) is 2. The lowest BCUT2D eigenvalue weighted by Crippen LogP contribution is -2.11. The maximum atomic E-state index is 6.24. The topological polar surface area (TPSA) is 47.3 Å². The van der Waals surface area contributed by atoms with Crippen LogP contribution in [0.1, 0.15) is 42.1 Å². The first kappa shape index (κ1) is 14.0. The van der Waals surface area contributed by atoms with Crippen LogP contribution < -0.4 is 15.8 Å². The lowest BCUT2D eigenvalue weighted by molar-refractivity contribution is 0.341. The average Bonchev–Trinajstić information content (AvgIpc) is 2.79. The predicted octanol–water partition coefficient (Wildman–Crippen LogP) is 3.95. The minimum Gasteiger partial charge on any atom is -0.492 e. The van der Waals surface area contributed by atoms with Crippen LogP contribution in [-0.2, 0) is 0 Å². The van der Waals surface area contributed by atoms with Crippen LogP contribution in [-0.4, -0.2) is 6.61 Å². The van der Waals surface area contributed by atoms with Gasteiger partial charge in [-0.05, 0) is 49.1 Å². The summed E-state index contributed by atoms with van der Waals surface area (Å²) in [5.41, 5.74) is 11.0. The summed E-state index contributed by atoms with van der Waals surface area (Å²) < 4.78 is 5.75. The second kappa shape index (κ2) is 5.78. The molecule has 0 fully saturated rings. The van der Waals surface area contributed by atoms with E-state index in [0.717, 1.165) is 17.9 Å². The van der Waals surface area contributed by atoms with Crippen LogP contribution in [0.5, 0.6) is 5.75 Å². The number of nitrogens with two attached hydrogens (primary N) is 1. The Hall–Kier alpha value is -2.00. The first-order chi connectivity index (χ1) is 10.2. The molecule has 0 bridgehead atoms. The molecule has 2 aromatic carbocycles. The average molecular weight is 282 g/mol. The summed E-state index contributed by atoms with van der Waals surface area (Å²) in [5, 5.41) is 3.60. The third-order valence-corrected chi connectivity index (χ3v) is 4.03. The van der Waals surface area contributed by atoms with Crippen LogP contribution in [0.15, 0.2) is 42.5 Å². The number of benzene rings is 2. The standard InChI is InChI=1S/C18H22N2O/c1-3-21-18-10-12(2)8-9-16(18)20-17-11-15(19)13-6-4-5-7-14(13)17/h4-10,15,17,20H,3,11,19H2,1-2H3. The summed E-state index contributed by atoms with van der Waals surface area (Å²) in [4.78, 5) is 0. The van der Waals surface area contributed by atoms with Crippen molar-refractivity contribution in [1.82, 2.24) is 0 Å². The Morgan fingerprint density at radius 2 is 1.95 bits per heavy atom. The number of hydrogen-bond acceptors (Lipinski definition) is 3. The second-order valence-electron chi connectivity index (χ2n) is 5.60. The van der Waals surface area contributed by atoms with Gasteiger partial charge in [0.25, 0.3) is 0 Å². The third-order valence-electron chi connectivity index (χ3n) is 4.03. The molecule has 3 heteroatoms.